The molecule has 1 aliphatic heterocycles. The third-order valence-corrected chi connectivity index (χ3v) is 4.45. The summed E-state index contributed by atoms with van der Waals surface area (Å²) in [7, 11) is 0. The van der Waals surface area contributed by atoms with Crippen molar-refractivity contribution in [2.75, 3.05) is 18.5 Å². The molecule has 0 saturated heterocycles. The van der Waals surface area contributed by atoms with Crippen LogP contribution in [0, 0.1) is 0 Å². The molecule has 3 rings (SSSR count). The van der Waals surface area contributed by atoms with E-state index in [1.165, 1.54) is 13.0 Å². The third kappa shape index (κ3) is 4.25. The van der Waals surface area contributed by atoms with E-state index in [0.717, 1.165) is 5.56 Å². The number of fused-ring (bicyclic) bond motifs is 1. The van der Waals surface area contributed by atoms with Crippen LogP contribution in [0.3, 0.4) is 0 Å². The Labute approximate surface area is 161 Å². The summed E-state index contributed by atoms with van der Waals surface area (Å²) in [5.74, 6) is -1.27. The quantitative estimate of drug-likeness (QED) is 0.585. The van der Waals surface area contributed by atoms with E-state index in [2.05, 4.69) is 5.32 Å². The van der Waals surface area contributed by atoms with Crippen molar-refractivity contribution in [1.82, 2.24) is 0 Å². The molecule has 1 heterocycles. The topological polar surface area (TPSA) is 98.8 Å². The fourth-order valence-corrected chi connectivity index (χ4v) is 2.81. The van der Waals surface area contributed by atoms with Gasteiger partial charge in [0.15, 0.2) is 24.8 Å². The maximum absolute atomic E-state index is 12.3. The predicted octanol–water partition coefficient (Wildman–Crippen LogP) is 2.75. The van der Waals surface area contributed by atoms with Gasteiger partial charge in [-0.25, -0.2) is 4.79 Å². The molecule has 0 unspecified atom stereocenters. The van der Waals surface area contributed by atoms with Crippen LogP contribution < -0.4 is 10.1 Å². The minimum Gasteiger partial charge on any atom is -0.482 e. The molecule has 1 N–H and O–H groups in total. The second-order valence-electron chi connectivity index (χ2n) is 6.47. The molecule has 2 aromatic rings. The van der Waals surface area contributed by atoms with Gasteiger partial charge in [-0.05, 0) is 49.7 Å². The number of ether oxygens (including phenoxy) is 2. The van der Waals surface area contributed by atoms with E-state index in [4.69, 9.17) is 9.47 Å². The number of esters is 1. The van der Waals surface area contributed by atoms with E-state index >= 15 is 0 Å². The Morgan fingerprint density at radius 3 is 2.57 bits per heavy atom. The summed E-state index contributed by atoms with van der Waals surface area (Å²) in [6.45, 7) is 2.39. The summed E-state index contributed by atoms with van der Waals surface area (Å²) in [6.07, 6.45) is 0. The zero-order chi connectivity index (χ0) is 20.3. The molecule has 0 bridgehead atoms. The highest BCUT2D eigenvalue weighted by Gasteiger charge is 2.27. The maximum atomic E-state index is 12.3. The number of carbonyl (C=O) groups is 4. The lowest BCUT2D eigenvalue weighted by molar-refractivity contribution is -0.144. The van der Waals surface area contributed by atoms with E-state index in [9.17, 15) is 19.2 Å². The first kappa shape index (κ1) is 19.3. The molecule has 1 aliphatic rings. The lowest BCUT2D eigenvalue weighted by atomic mass is 9.99. The third-order valence-electron chi connectivity index (χ3n) is 4.45. The fraction of sp³-hybridized carbons (Fsp3) is 0.238. The molecular formula is C21H19NO6. The maximum Gasteiger partial charge on any atom is 0.344 e. The molecule has 7 nitrogen and oxygen atoms in total. The number of Topliss-reactive ketones (excluding diaryl/α,β-unsaturated/α-hetero) is 2. The summed E-state index contributed by atoms with van der Waals surface area (Å²) in [5.41, 5.74) is 2.27. The van der Waals surface area contributed by atoms with Gasteiger partial charge in [-0.15, -0.1) is 0 Å². The number of rotatable bonds is 7. The Kier molecular flexibility index (Phi) is 5.54. The molecule has 28 heavy (non-hydrogen) atoms. The Morgan fingerprint density at radius 2 is 1.82 bits per heavy atom. The predicted molar refractivity (Wildman–Crippen MR) is 101 cm³/mol. The van der Waals surface area contributed by atoms with Crippen LogP contribution in [0.25, 0.3) is 0 Å². The van der Waals surface area contributed by atoms with Crippen LogP contribution in [-0.2, 0) is 14.3 Å². The number of amides is 1. The minimum atomic E-state index is -0.701. The molecule has 0 radical (unpaired) electrons. The van der Waals surface area contributed by atoms with Gasteiger partial charge in [-0.1, -0.05) is 12.1 Å². The highest BCUT2D eigenvalue weighted by Crippen LogP contribution is 2.32. The number of benzene rings is 2. The summed E-state index contributed by atoms with van der Waals surface area (Å²) in [4.78, 5) is 47.1. The van der Waals surface area contributed by atoms with Crippen molar-refractivity contribution < 1.29 is 28.7 Å². The molecule has 144 valence electrons. The molecule has 7 heteroatoms. The minimum absolute atomic E-state index is 0.112. The van der Waals surface area contributed by atoms with Crippen LogP contribution in [0.5, 0.6) is 5.75 Å². The summed E-state index contributed by atoms with van der Waals surface area (Å²) >= 11 is 0. The van der Waals surface area contributed by atoms with Crippen molar-refractivity contribution in [2.45, 2.75) is 19.8 Å². The van der Waals surface area contributed by atoms with Crippen LogP contribution in [-0.4, -0.2) is 36.7 Å². The van der Waals surface area contributed by atoms with Gasteiger partial charge >= 0.3 is 5.97 Å². The molecule has 0 fully saturated rings. The van der Waals surface area contributed by atoms with E-state index in [1.54, 1.807) is 43.3 Å². The standard InChI is InChI=1S/C21H19NO6/c1-12-17-9-15(6-7-18(17)22-21(12)26)19(24)10-28-20(25)11-27-16-5-3-4-14(8-16)13(2)23/h3-9,12H,10-11H2,1-2H3,(H,22,26)/t12-/m0/s1. The molecule has 1 amide bonds. The number of ketones is 2. The highest BCUT2D eigenvalue weighted by atomic mass is 16.6. The lowest BCUT2D eigenvalue weighted by Crippen LogP contribution is -2.19. The molecular weight excluding hydrogens is 362 g/mol. The normalized spacial score (nSPS) is 14.8. The summed E-state index contributed by atoms with van der Waals surface area (Å²) < 4.78 is 10.3. The zero-order valence-electron chi connectivity index (χ0n) is 15.5. The first-order valence-electron chi connectivity index (χ1n) is 8.72. The number of nitrogens with one attached hydrogen (secondary N) is 1. The van der Waals surface area contributed by atoms with Gasteiger partial charge in [-0.2, -0.15) is 0 Å². The van der Waals surface area contributed by atoms with E-state index in [1.807, 2.05) is 0 Å². The van der Waals surface area contributed by atoms with Gasteiger partial charge in [0.2, 0.25) is 5.91 Å². The molecule has 0 saturated carbocycles. The van der Waals surface area contributed by atoms with Gasteiger partial charge in [-0.3, -0.25) is 14.4 Å². The van der Waals surface area contributed by atoms with Gasteiger partial charge < -0.3 is 14.8 Å². The lowest BCUT2D eigenvalue weighted by Gasteiger charge is -2.08. The van der Waals surface area contributed by atoms with E-state index in [0.29, 0.717) is 22.6 Å². The largest absolute Gasteiger partial charge is 0.482 e. The number of carbonyl (C=O) groups excluding carboxylic acids is 4. The van der Waals surface area contributed by atoms with Crippen LogP contribution in [0.15, 0.2) is 42.5 Å². The first-order chi connectivity index (χ1) is 13.3. The monoisotopic (exact) mass is 381 g/mol. The Balaban J connectivity index is 1.52. The zero-order valence-corrected chi connectivity index (χ0v) is 15.5. The smallest absolute Gasteiger partial charge is 0.344 e. The van der Waals surface area contributed by atoms with Gasteiger partial charge in [0.25, 0.3) is 0 Å². The van der Waals surface area contributed by atoms with Crippen LogP contribution in [0.4, 0.5) is 5.69 Å². The molecule has 0 aliphatic carbocycles. The fourth-order valence-electron chi connectivity index (χ4n) is 2.81. The van der Waals surface area contributed by atoms with E-state index in [-0.39, 0.29) is 30.0 Å². The second kappa shape index (κ2) is 8.04. The highest BCUT2D eigenvalue weighted by molar-refractivity contribution is 6.05. The van der Waals surface area contributed by atoms with Crippen molar-refractivity contribution in [3.63, 3.8) is 0 Å². The van der Waals surface area contributed by atoms with E-state index < -0.39 is 12.6 Å². The first-order valence-corrected chi connectivity index (χ1v) is 8.72. The van der Waals surface area contributed by atoms with Crippen molar-refractivity contribution in [3.05, 3.63) is 59.2 Å². The molecule has 2 aromatic carbocycles. The van der Waals surface area contributed by atoms with Crippen LogP contribution in [0.1, 0.15) is 46.0 Å². The summed E-state index contributed by atoms with van der Waals surface area (Å²) in [6, 6.07) is 11.3. The average molecular weight is 381 g/mol. The van der Waals surface area contributed by atoms with Crippen molar-refractivity contribution >= 4 is 29.1 Å². The SMILES string of the molecule is CC(=O)c1cccc(OCC(=O)OCC(=O)c2ccc3c(c2)[C@H](C)C(=O)N3)c1. The number of hydrogen-bond donors (Lipinski definition) is 1. The average Bonchev–Trinajstić information content (AvgIpc) is 2.98. The Bertz CT molecular complexity index is 965. The van der Waals surface area contributed by atoms with Crippen LogP contribution >= 0.6 is 0 Å². The number of anilines is 1. The van der Waals surface area contributed by atoms with Crippen molar-refractivity contribution in [1.29, 1.82) is 0 Å². The van der Waals surface area contributed by atoms with Crippen molar-refractivity contribution in [3.8, 4) is 5.75 Å². The van der Waals surface area contributed by atoms with Crippen LogP contribution in [0.2, 0.25) is 0 Å². The molecule has 0 aromatic heterocycles. The second-order valence-corrected chi connectivity index (χ2v) is 6.47. The summed E-state index contributed by atoms with van der Waals surface area (Å²) in [5, 5.41) is 2.73. The Morgan fingerprint density at radius 1 is 1.04 bits per heavy atom. The molecule has 1 atom stereocenters. The van der Waals surface area contributed by atoms with Gasteiger partial charge in [0.1, 0.15) is 5.75 Å². The Hall–Kier alpha value is -3.48. The van der Waals surface area contributed by atoms with Crippen molar-refractivity contribution in [2.24, 2.45) is 0 Å². The van der Waals surface area contributed by atoms with Gasteiger partial charge in [0, 0.05) is 16.8 Å². The number of hydrogen-bond acceptors (Lipinski definition) is 6. The van der Waals surface area contributed by atoms with Gasteiger partial charge in [0.05, 0.1) is 5.92 Å². The molecule has 0 spiro atoms.